The molecule has 2 aromatic rings. The molecule has 1 aliphatic rings. The number of benzene rings is 1. The molecule has 0 fully saturated rings. The molecule has 0 spiro atoms. The van der Waals surface area contributed by atoms with Crippen molar-refractivity contribution in [3.63, 3.8) is 0 Å². The Balaban J connectivity index is 0.00000121. The first-order chi connectivity index (χ1) is 9.54. The van der Waals surface area contributed by atoms with Crippen molar-refractivity contribution in [1.82, 2.24) is 4.98 Å². The zero-order valence-electron chi connectivity index (χ0n) is 12.4. The van der Waals surface area contributed by atoms with Crippen LogP contribution in [0.3, 0.4) is 0 Å². The molecule has 0 atom stereocenters. The largest absolute Gasteiger partial charge is 0.147 e. The fraction of sp³-hybridized carbons (Fsp3) is 0.188. The molecule has 1 aromatic heterocycles. The van der Waals surface area contributed by atoms with E-state index in [1.165, 1.54) is 19.4 Å². The number of rotatable bonds is 3. The maximum atomic E-state index is 6.52. The summed E-state index contributed by atoms with van der Waals surface area (Å²) < 4.78 is 2.87. The van der Waals surface area contributed by atoms with Gasteiger partial charge >= 0.3 is 132 Å². The molecule has 0 unspecified atom stereocenters. The van der Waals surface area contributed by atoms with E-state index >= 15 is 0 Å². The number of hydrogen-bond acceptors (Lipinski definition) is 1. The molecular weight excluding hydrogens is 393 g/mol. The summed E-state index contributed by atoms with van der Waals surface area (Å²) in [6.45, 7) is 4.37. The number of aromatic nitrogens is 1. The summed E-state index contributed by atoms with van der Waals surface area (Å²) in [4.78, 5) is 4.55. The quantitative estimate of drug-likeness (QED) is 0.513. The minimum absolute atomic E-state index is 0. The molecule has 22 heavy (non-hydrogen) atoms. The Bertz CT molecular complexity index is 717. The molecular formula is C16H18Cl3CrNSi. The molecule has 0 N–H and O–H groups in total. The second-order valence-electron chi connectivity index (χ2n) is 5.38. The summed E-state index contributed by atoms with van der Waals surface area (Å²) in [6.07, 6.45) is 7.58. The van der Waals surface area contributed by atoms with Gasteiger partial charge in [0.05, 0.1) is 0 Å². The summed E-state index contributed by atoms with van der Waals surface area (Å²) in [5.41, 5.74) is 1.15. The molecule has 0 saturated heterocycles. The van der Waals surface area contributed by atoms with Crippen molar-refractivity contribution >= 4 is 58.6 Å². The van der Waals surface area contributed by atoms with Gasteiger partial charge in [-0.25, -0.2) is 0 Å². The molecule has 0 bridgehead atoms. The van der Waals surface area contributed by atoms with Crippen LogP contribution in [0, 0.1) is 0 Å². The Morgan fingerprint density at radius 3 is 2.55 bits per heavy atom. The number of halogens is 3. The van der Waals surface area contributed by atoms with Crippen LogP contribution in [-0.4, -0.2) is 12.4 Å². The smallest absolute Gasteiger partial charge is 0.147 e. The predicted octanol–water partition coefficient (Wildman–Crippen LogP) is 4.98. The first-order valence-corrected chi connectivity index (χ1v) is 11.9. The van der Waals surface area contributed by atoms with Gasteiger partial charge in [0.15, 0.2) is 0 Å². The van der Waals surface area contributed by atoms with Gasteiger partial charge in [0.25, 0.3) is 0 Å². The number of para-hydroxylation sites is 1. The van der Waals surface area contributed by atoms with Crippen LogP contribution >= 0.6 is 35.9 Å². The summed E-state index contributed by atoms with van der Waals surface area (Å²) in [6, 6.07) is 10.6. The van der Waals surface area contributed by atoms with Crippen LogP contribution in [0.2, 0.25) is 13.1 Å². The van der Waals surface area contributed by atoms with Gasteiger partial charge in [-0.1, -0.05) is 0 Å². The molecule has 0 aliphatic heterocycles. The Hall–Kier alpha value is -0.271. The molecule has 1 nitrogen and oxygen atoms in total. The number of nitrogens with zero attached hydrogens (tertiary/aromatic N) is 1. The van der Waals surface area contributed by atoms with E-state index in [1.54, 1.807) is 0 Å². The fourth-order valence-corrected chi connectivity index (χ4v) is 5.60. The molecule has 6 heteroatoms. The van der Waals surface area contributed by atoms with Gasteiger partial charge in [-0.05, 0) is 0 Å². The number of hydrogen-bond donors (Lipinski definition) is 0. The van der Waals surface area contributed by atoms with Crippen LogP contribution < -0.4 is 4.43 Å². The van der Waals surface area contributed by atoms with Crippen molar-refractivity contribution in [3.05, 3.63) is 58.3 Å². The molecule has 0 saturated carbocycles. The van der Waals surface area contributed by atoms with Crippen molar-refractivity contribution in [3.8, 4) is 0 Å². The van der Waals surface area contributed by atoms with Crippen LogP contribution in [0.25, 0.3) is 10.9 Å². The zero-order valence-corrected chi connectivity index (χ0v) is 17.0. The molecule has 3 rings (SSSR count). The first-order valence-electron chi connectivity index (χ1n) is 6.66. The molecule has 1 heterocycles. The van der Waals surface area contributed by atoms with Gasteiger partial charge < -0.3 is 0 Å². The van der Waals surface area contributed by atoms with E-state index in [4.69, 9.17) is 11.1 Å². The third kappa shape index (κ3) is 4.38. The molecule has 1 aliphatic carbocycles. The fourth-order valence-electron chi connectivity index (χ4n) is 2.29. The van der Waals surface area contributed by atoms with Gasteiger partial charge in [-0.2, -0.15) is 0 Å². The van der Waals surface area contributed by atoms with Gasteiger partial charge in [-0.15, -0.1) is 24.8 Å². The van der Waals surface area contributed by atoms with Gasteiger partial charge in [0, 0.05) is 0 Å². The topological polar surface area (TPSA) is 12.9 Å². The minimum atomic E-state index is -1.69. The van der Waals surface area contributed by atoms with Crippen LogP contribution in [0.4, 0.5) is 0 Å². The zero-order chi connectivity index (χ0) is 14.2. The Kier molecular flexibility index (Phi) is 7.20. The Morgan fingerprint density at radius 1 is 1.14 bits per heavy atom. The average Bonchev–Trinajstić information content (AvgIpc) is 2.88. The monoisotopic (exact) mass is 409 g/mol. The standard InChI is InChI=1S/C9H6N.C7H10ClSi.2ClH.Cr/c1-2-6-9-8(4-1)5-3-7-10-9;1-9(2,8)7-5-3-4-6-7;;;/h1-5,7H;5-6H,3H2,1-2H3;2*1H;. The maximum Gasteiger partial charge on any atom is -0.147 e. The molecule has 118 valence electrons. The molecule has 1 aromatic carbocycles. The maximum absolute atomic E-state index is 6.52. The number of allylic oxidation sites excluding steroid dienone is 4. The van der Waals surface area contributed by atoms with Gasteiger partial charge in [-0.3, -0.25) is 0 Å². The van der Waals surface area contributed by atoms with Crippen LogP contribution in [-0.2, 0) is 15.2 Å². The van der Waals surface area contributed by atoms with E-state index in [1.807, 2.05) is 12.3 Å². The normalized spacial score (nSPS) is 14.0. The minimum Gasteiger partial charge on any atom is -0.147 e. The third-order valence-electron chi connectivity index (χ3n) is 3.36. The third-order valence-corrected chi connectivity index (χ3v) is 7.45. The molecule has 0 amide bonds. The van der Waals surface area contributed by atoms with E-state index < -0.39 is 7.38 Å². The van der Waals surface area contributed by atoms with E-state index in [0.717, 1.165) is 11.9 Å². The first kappa shape index (κ1) is 19.8. The van der Waals surface area contributed by atoms with Gasteiger partial charge in [0.2, 0.25) is 0 Å². The van der Waals surface area contributed by atoms with Gasteiger partial charge in [0.1, 0.15) is 0 Å². The summed E-state index contributed by atoms with van der Waals surface area (Å²) >= 11 is 6.86. The van der Waals surface area contributed by atoms with E-state index in [0.29, 0.717) is 15.2 Å². The number of fused-ring (bicyclic) bond motifs is 1. The van der Waals surface area contributed by atoms with E-state index in [2.05, 4.69) is 54.5 Å². The van der Waals surface area contributed by atoms with E-state index in [-0.39, 0.29) is 24.8 Å². The summed E-state index contributed by atoms with van der Waals surface area (Å²) in [7, 11) is -1.69. The Labute approximate surface area is 156 Å². The van der Waals surface area contributed by atoms with Crippen molar-refractivity contribution in [1.29, 1.82) is 0 Å². The molecule has 0 radical (unpaired) electrons. The number of pyridine rings is 1. The summed E-state index contributed by atoms with van der Waals surface area (Å²) in [5, 5.41) is 2.61. The van der Waals surface area contributed by atoms with E-state index in [9.17, 15) is 0 Å². The van der Waals surface area contributed by atoms with Crippen LogP contribution in [0.5, 0.6) is 0 Å². The second kappa shape index (κ2) is 8.01. The van der Waals surface area contributed by atoms with Crippen molar-refractivity contribution < 1.29 is 15.2 Å². The predicted molar refractivity (Wildman–Crippen MR) is 100.0 cm³/mol. The van der Waals surface area contributed by atoms with Crippen molar-refractivity contribution in [2.24, 2.45) is 0 Å². The van der Waals surface area contributed by atoms with Crippen LogP contribution in [0.1, 0.15) is 6.42 Å². The average molecular weight is 411 g/mol. The SMILES string of the molecule is C[Si](C)(Cl)C1=CC[C]([Cr][c]2cccc3cccnc23)=C1.Cl.Cl. The van der Waals surface area contributed by atoms with Crippen molar-refractivity contribution in [2.75, 3.05) is 0 Å². The van der Waals surface area contributed by atoms with Crippen molar-refractivity contribution in [2.45, 2.75) is 19.5 Å². The van der Waals surface area contributed by atoms with Crippen LogP contribution in [0.15, 0.2) is 58.3 Å². The Morgan fingerprint density at radius 2 is 1.86 bits per heavy atom. The second-order valence-corrected chi connectivity index (χ2v) is 13.6. The summed E-state index contributed by atoms with van der Waals surface area (Å²) in [5.74, 6) is 0.